The van der Waals surface area contributed by atoms with E-state index >= 15 is 0 Å². The summed E-state index contributed by atoms with van der Waals surface area (Å²) in [6.07, 6.45) is 5.74. The van der Waals surface area contributed by atoms with Crippen molar-refractivity contribution in [2.45, 2.75) is 51.7 Å². The maximum absolute atomic E-state index is 12.2. The van der Waals surface area contributed by atoms with Gasteiger partial charge in [0.05, 0.1) is 30.7 Å². The number of esters is 1. The van der Waals surface area contributed by atoms with Gasteiger partial charge in [0.2, 0.25) is 5.91 Å². The van der Waals surface area contributed by atoms with E-state index in [1.54, 1.807) is 23.1 Å². The molecule has 0 saturated carbocycles. The van der Waals surface area contributed by atoms with E-state index in [1.165, 1.54) is 18.4 Å². The number of amides is 1. The molecule has 154 valence electrons. The van der Waals surface area contributed by atoms with Gasteiger partial charge in [0, 0.05) is 19.3 Å². The molecule has 0 radical (unpaired) electrons. The number of rotatable bonds is 6. The molecule has 1 fully saturated rings. The van der Waals surface area contributed by atoms with Crippen LogP contribution in [0.3, 0.4) is 0 Å². The molecule has 1 unspecified atom stereocenters. The van der Waals surface area contributed by atoms with Crippen molar-refractivity contribution in [1.29, 1.82) is 0 Å². The number of methoxy groups -OCH3 is 1. The van der Waals surface area contributed by atoms with Crippen LogP contribution in [0.5, 0.6) is 0 Å². The lowest BCUT2D eigenvalue weighted by atomic mass is 10.00. The van der Waals surface area contributed by atoms with Crippen molar-refractivity contribution < 1.29 is 19.4 Å². The van der Waals surface area contributed by atoms with Gasteiger partial charge in [0.25, 0.3) is 0 Å². The Hall–Kier alpha value is -2.54. The first-order chi connectivity index (χ1) is 14.0. The summed E-state index contributed by atoms with van der Waals surface area (Å²) in [5, 5.41) is 10.3. The van der Waals surface area contributed by atoms with Crippen LogP contribution in [0.1, 0.15) is 54.1 Å². The summed E-state index contributed by atoms with van der Waals surface area (Å²) in [7, 11) is 1.34. The fraction of sp³-hybridized carbons (Fsp3) is 0.478. The molecule has 5 nitrogen and oxygen atoms in total. The van der Waals surface area contributed by atoms with Crippen molar-refractivity contribution in [3.63, 3.8) is 0 Å². The van der Waals surface area contributed by atoms with Crippen LogP contribution in [-0.2, 0) is 9.53 Å². The minimum atomic E-state index is -0.590. The third kappa shape index (κ3) is 6.78. The minimum absolute atomic E-state index is 0.0403. The average molecular weight is 414 g/mol. The highest BCUT2D eigenvalue weighted by Crippen LogP contribution is 2.21. The highest BCUT2D eigenvalue weighted by Gasteiger charge is 2.28. The predicted molar refractivity (Wildman–Crippen MR) is 114 cm³/mol. The lowest BCUT2D eigenvalue weighted by Gasteiger charge is -2.20. The first-order valence-electron chi connectivity index (χ1n) is 9.74. The number of carbonyl (C=O) groups excluding carboxylic acids is 2. The fourth-order valence-electron chi connectivity index (χ4n) is 2.90. The van der Waals surface area contributed by atoms with Gasteiger partial charge in [-0.2, -0.15) is 0 Å². The number of hydrogen-bond acceptors (Lipinski definition) is 5. The molecule has 0 aliphatic carbocycles. The zero-order valence-electron chi connectivity index (χ0n) is 17.1. The first-order valence-corrected chi connectivity index (χ1v) is 10.6. The van der Waals surface area contributed by atoms with E-state index in [0.29, 0.717) is 24.3 Å². The molecule has 0 aromatic carbocycles. The highest BCUT2D eigenvalue weighted by atomic mass is 32.1. The van der Waals surface area contributed by atoms with Gasteiger partial charge in [-0.25, -0.2) is 4.79 Å². The van der Waals surface area contributed by atoms with Crippen molar-refractivity contribution in [1.82, 2.24) is 4.90 Å². The Labute approximate surface area is 176 Å². The second-order valence-electron chi connectivity index (χ2n) is 6.85. The lowest BCUT2D eigenvalue weighted by Crippen LogP contribution is -2.32. The standard InChI is InChI=1S/C23H27NO4S/c1-4-5-6-8-17(2)20(25)13-10-18-11-15-22(26)24(18)16-7-9-19-12-14-21(29-19)23(27)28-3/h10,12-14,17-18,20,25H,4,8,11,15-16H2,1-3H3/t17?,18-,20-/m0/s1. The van der Waals surface area contributed by atoms with Crippen LogP contribution in [0.25, 0.3) is 0 Å². The minimum Gasteiger partial charge on any atom is -0.465 e. The smallest absolute Gasteiger partial charge is 0.348 e. The van der Waals surface area contributed by atoms with Gasteiger partial charge >= 0.3 is 5.97 Å². The Morgan fingerprint density at radius 3 is 2.93 bits per heavy atom. The highest BCUT2D eigenvalue weighted by molar-refractivity contribution is 7.14. The van der Waals surface area contributed by atoms with Crippen molar-refractivity contribution in [3.05, 3.63) is 34.0 Å². The van der Waals surface area contributed by atoms with Crippen molar-refractivity contribution in [2.24, 2.45) is 5.92 Å². The fourth-order valence-corrected chi connectivity index (χ4v) is 3.70. The van der Waals surface area contributed by atoms with E-state index in [4.69, 9.17) is 0 Å². The van der Waals surface area contributed by atoms with Gasteiger partial charge in [-0.05, 0) is 24.5 Å². The molecule has 0 bridgehead atoms. The van der Waals surface area contributed by atoms with E-state index in [-0.39, 0.29) is 23.8 Å². The maximum atomic E-state index is 12.2. The monoisotopic (exact) mass is 413 g/mol. The van der Waals surface area contributed by atoms with Gasteiger partial charge < -0.3 is 14.7 Å². The topological polar surface area (TPSA) is 66.8 Å². The molecular weight excluding hydrogens is 386 g/mol. The first kappa shape index (κ1) is 22.7. The molecule has 2 rings (SSSR count). The summed E-state index contributed by atoms with van der Waals surface area (Å²) >= 11 is 1.27. The number of ether oxygens (including phenoxy) is 1. The van der Waals surface area contributed by atoms with E-state index in [0.717, 1.165) is 17.7 Å². The number of hydrogen-bond donors (Lipinski definition) is 1. The van der Waals surface area contributed by atoms with Gasteiger partial charge in [-0.3, -0.25) is 4.79 Å². The van der Waals surface area contributed by atoms with Crippen LogP contribution in [0.4, 0.5) is 0 Å². The van der Waals surface area contributed by atoms with Crippen molar-refractivity contribution in [2.75, 3.05) is 13.7 Å². The molecular formula is C23H27NO4S. The maximum Gasteiger partial charge on any atom is 0.348 e. The Bertz CT molecular complexity index is 865. The van der Waals surface area contributed by atoms with E-state index in [2.05, 4.69) is 28.4 Å². The van der Waals surface area contributed by atoms with Gasteiger partial charge in [0.1, 0.15) is 4.88 Å². The van der Waals surface area contributed by atoms with Crippen LogP contribution >= 0.6 is 11.3 Å². The molecule has 1 aromatic rings. The van der Waals surface area contributed by atoms with E-state index in [9.17, 15) is 14.7 Å². The zero-order valence-corrected chi connectivity index (χ0v) is 17.9. The third-order valence-corrected chi connectivity index (χ3v) is 5.65. The lowest BCUT2D eigenvalue weighted by molar-refractivity contribution is -0.127. The Kier molecular flexibility index (Phi) is 8.99. The number of nitrogens with zero attached hydrogens (tertiary/aromatic N) is 1. The normalized spacial score (nSPS) is 18.0. The number of thiophene rings is 1. The number of aliphatic hydroxyl groups is 1. The molecule has 1 aromatic heterocycles. The van der Waals surface area contributed by atoms with Crippen molar-refractivity contribution >= 4 is 23.2 Å². The molecule has 1 saturated heterocycles. The summed E-state index contributed by atoms with van der Waals surface area (Å²) in [4.78, 5) is 26.7. The van der Waals surface area contributed by atoms with Crippen LogP contribution < -0.4 is 0 Å². The van der Waals surface area contributed by atoms with Gasteiger partial charge in [-0.1, -0.05) is 37.8 Å². The molecule has 1 N–H and O–H groups in total. The van der Waals surface area contributed by atoms with Crippen LogP contribution in [-0.4, -0.2) is 47.7 Å². The Balaban J connectivity index is 1.95. The molecule has 2 heterocycles. The van der Waals surface area contributed by atoms with Crippen LogP contribution in [0.2, 0.25) is 0 Å². The van der Waals surface area contributed by atoms with E-state index < -0.39 is 6.10 Å². The molecule has 1 aliphatic heterocycles. The summed E-state index contributed by atoms with van der Waals surface area (Å²) in [5.41, 5.74) is 0. The summed E-state index contributed by atoms with van der Waals surface area (Å²) in [6, 6.07) is 3.39. The second-order valence-corrected chi connectivity index (χ2v) is 7.93. The molecule has 6 heteroatoms. The van der Waals surface area contributed by atoms with E-state index in [1.807, 2.05) is 19.9 Å². The number of likely N-dealkylation sites (tertiary alicyclic amines) is 1. The summed E-state index contributed by atoms with van der Waals surface area (Å²) in [5.74, 6) is 11.8. The molecule has 1 aliphatic rings. The largest absolute Gasteiger partial charge is 0.465 e. The molecule has 29 heavy (non-hydrogen) atoms. The quantitative estimate of drug-likeness (QED) is 0.442. The predicted octanol–water partition coefficient (Wildman–Crippen LogP) is 3.23. The molecule has 3 atom stereocenters. The molecule has 0 spiro atoms. The zero-order chi connectivity index (χ0) is 21.2. The van der Waals surface area contributed by atoms with Crippen LogP contribution in [0, 0.1) is 29.6 Å². The SMILES string of the molecule is CCC#CCC(C)[C@@H](O)C=C[C@H]1CCC(=O)N1CC#Cc1ccc(C(=O)OC)s1. The Morgan fingerprint density at radius 2 is 2.21 bits per heavy atom. The summed E-state index contributed by atoms with van der Waals surface area (Å²) < 4.78 is 4.69. The third-order valence-electron chi connectivity index (χ3n) is 4.67. The Morgan fingerprint density at radius 1 is 1.41 bits per heavy atom. The number of aliphatic hydroxyl groups excluding tert-OH is 1. The van der Waals surface area contributed by atoms with Gasteiger partial charge in [0.15, 0.2) is 0 Å². The van der Waals surface area contributed by atoms with Gasteiger partial charge in [-0.15, -0.1) is 23.2 Å². The van der Waals surface area contributed by atoms with Crippen LogP contribution in [0.15, 0.2) is 24.3 Å². The second kappa shape index (κ2) is 11.5. The summed E-state index contributed by atoms with van der Waals surface area (Å²) in [6.45, 7) is 4.28. The average Bonchev–Trinajstić information content (AvgIpc) is 3.33. The number of carbonyl (C=O) groups is 2. The molecule has 1 amide bonds. The van der Waals surface area contributed by atoms with Crippen molar-refractivity contribution in [3.8, 4) is 23.7 Å².